The number of rotatable bonds is 0. The lowest BCUT2D eigenvalue weighted by atomic mass is 9.99. The molecule has 0 amide bonds. The Bertz CT molecular complexity index is 113. The van der Waals surface area contributed by atoms with Gasteiger partial charge >= 0.3 is 0 Å². The second-order valence-corrected chi connectivity index (χ2v) is 7.83. The molecule has 0 saturated carbocycles. The van der Waals surface area contributed by atoms with Crippen LogP contribution in [-0.2, 0) is 0 Å². The molecule has 0 aromatic heterocycles. The lowest BCUT2D eigenvalue weighted by Gasteiger charge is -2.39. The minimum atomic E-state index is 0.509. The Morgan fingerprint density at radius 2 is 1.30 bits per heavy atom. The standard InChI is InChI=1S/C8H16S2/c1-7(2)5-8(3,4)10-6-9-7/h5-6H2,1-4H3. The third-order valence-electron chi connectivity index (χ3n) is 1.75. The van der Waals surface area contributed by atoms with Crippen LogP contribution >= 0.6 is 23.5 Å². The lowest BCUT2D eigenvalue weighted by Crippen LogP contribution is -2.32. The number of hydrogen-bond donors (Lipinski definition) is 0. The molecule has 0 nitrogen and oxygen atoms in total. The number of hydrogen-bond acceptors (Lipinski definition) is 2. The minimum Gasteiger partial charge on any atom is -0.145 e. The van der Waals surface area contributed by atoms with Gasteiger partial charge in [0.05, 0.1) is 0 Å². The molecule has 0 radical (unpaired) electrons. The normalized spacial score (nSPS) is 30.0. The van der Waals surface area contributed by atoms with Crippen LogP contribution in [0.1, 0.15) is 34.1 Å². The first-order valence-electron chi connectivity index (χ1n) is 3.69. The molecule has 60 valence electrons. The van der Waals surface area contributed by atoms with Gasteiger partial charge in [-0.3, -0.25) is 0 Å². The van der Waals surface area contributed by atoms with Crippen LogP contribution in [0, 0.1) is 0 Å². The Hall–Kier alpha value is 0.700. The molecule has 0 bridgehead atoms. The van der Waals surface area contributed by atoms with Gasteiger partial charge in [-0.05, 0) is 6.42 Å². The summed E-state index contributed by atoms with van der Waals surface area (Å²) in [6.45, 7) is 9.39. The molecule has 1 heterocycles. The average Bonchev–Trinajstić information content (AvgIpc) is 1.56. The second-order valence-electron chi connectivity index (χ2n) is 4.10. The van der Waals surface area contributed by atoms with Gasteiger partial charge < -0.3 is 0 Å². The number of thioether (sulfide) groups is 2. The van der Waals surface area contributed by atoms with Crippen molar-refractivity contribution in [2.45, 2.75) is 43.6 Å². The highest BCUT2D eigenvalue weighted by Gasteiger charge is 2.33. The van der Waals surface area contributed by atoms with Crippen molar-refractivity contribution in [2.24, 2.45) is 0 Å². The van der Waals surface area contributed by atoms with Gasteiger partial charge in [-0.1, -0.05) is 27.7 Å². The van der Waals surface area contributed by atoms with Crippen molar-refractivity contribution in [1.29, 1.82) is 0 Å². The van der Waals surface area contributed by atoms with Gasteiger partial charge in [-0.25, -0.2) is 0 Å². The fourth-order valence-corrected chi connectivity index (χ4v) is 5.28. The Balaban J connectivity index is 2.56. The Morgan fingerprint density at radius 3 is 1.50 bits per heavy atom. The molecule has 1 rings (SSSR count). The summed E-state index contributed by atoms with van der Waals surface area (Å²) in [7, 11) is 0. The third kappa shape index (κ3) is 2.39. The van der Waals surface area contributed by atoms with Crippen LogP contribution in [0.3, 0.4) is 0 Å². The van der Waals surface area contributed by atoms with Crippen molar-refractivity contribution in [3.8, 4) is 0 Å². The molecule has 1 fully saturated rings. The largest absolute Gasteiger partial charge is 0.145 e. The third-order valence-corrected chi connectivity index (χ3v) is 4.55. The van der Waals surface area contributed by atoms with Gasteiger partial charge in [0.1, 0.15) is 0 Å². The monoisotopic (exact) mass is 176 g/mol. The molecule has 0 aromatic rings. The van der Waals surface area contributed by atoms with E-state index in [1.165, 1.54) is 11.5 Å². The summed E-state index contributed by atoms with van der Waals surface area (Å²) < 4.78 is 1.02. The van der Waals surface area contributed by atoms with Gasteiger partial charge in [0.25, 0.3) is 0 Å². The van der Waals surface area contributed by atoms with E-state index < -0.39 is 0 Å². The van der Waals surface area contributed by atoms with E-state index in [1.54, 1.807) is 0 Å². The molecule has 0 aromatic carbocycles. The van der Waals surface area contributed by atoms with E-state index >= 15 is 0 Å². The molecule has 2 heteroatoms. The van der Waals surface area contributed by atoms with Crippen molar-refractivity contribution in [3.05, 3.63) is 0 Å². The van der Waals surface area contributed by atoms with Crippen molar-refractivity contribution < 1.29 is 0 Å². The predicted octanol–water partition coefficient (Wildman–Crippen LogP) is 3.37. The molecule has 0 unspecified atom stereocenters. The zero-order valence-corrected chi connectivity index (χ0v) is 8.86. The zero-order valence-electron chi connectivity index (χ0n) is 7.23. The quantitative estimate of drug-likeness (QED) is 0.555. The first-order valence-corrected chi connectivity index (χ1v) is 5.66. The molecular formula is C8H16S2. The van der Waals surface area contributed by atoms with E-state index in [0.29, 0.717) is 9.49 Å². The van der Waals surface area contributed by atoms with E-state index in [9.17, 15) is 0 Å². The van der Waals surface area contributed by atoms with Crippen molar-refractivity contribution >= 4 is 23.5 Å². The average molecular weight is 176 g/mol. The highest BCUT2D eigenvalue weighted by atomic mass is 32.2. The smallest absolute Gasteiger partial charge is 0.0402 e. The summed E-state index contributed by atoms with van der Waals surface area (Å²) >= 11 is 4.17. The molecule has 1 saturated heterocycles. The summed E-state index contributed by atoms with van der Waals surface area (Å²) in [6, 6.07) is 0. The first kappa shape index (κ1) is 8.79. The fraction of sp³-hybridized carbons (Fsp3) is 1.00. The van der Waals surface area contributed by atoms with E-state index in [-0.39, 0.29) is 0 Å². The van der Waals surface area contributed by atoms with Crippen LogP contribution < -0.4 is 0 Å². The molecule has 0 N–H and O–H groups in total. The molecule has 10 heavy (non-hydrogen) atoms. The Labute approximate surface area is 72.5 Å². The van der Waals surface area contributed by atoms with Crippen LogP contribution in [-0.4, -0.2) is 14.6 Å². The van der Waals surface area contributed by atoms with Crippen LogP contribution in [0.5, 0.6) is 0 Å². The van der Waals surface area contributed by atoms with Crippen molar-refractivity contribution in [1.82, 2.24) is 0 Å². The zero-order chi connectivity index (χ0) is 7.83. The van der Waals surface area contributed by atoms with Gasteiger partial charge in [0, 0.05) is 14.6 Å². The molecule has 0 aliphatic carbocycles. The van der Waals surface area contributed by atoms with Gasteiger partial charge in [-0.2, -0.15) is 0 Å². The Morgan fingerprint density at radius 1 is 0.900 bits per heavy atom. The molecule has 0 atom stereocenters. The predicted molar refractivity (Wildman–Crippen MR) is 52.8 cm³/mol. The fourth-order valence-electron chi connectivity index (χ4n) is 1.48. The summed E-state index contributed by atoms with van der Waals surface area (Å²) in [6.07, 6.45) is 1.33. The van der Waals surface area contributed by atoms with Crippen LogP contribution in [0.2, 0.25) is 0 Å². The highest BCUT2D eigenvalue weighted by Crippen LogP contribution is 2.47. The van der Waals surface area contributed by atoms with Crippen LogP contribution in [0.15, 0.2) is 0 Å². The topological polar surface area (TPSA) is 0 Å². The van der Waals surface area contributed by atoms with E-state index in [1.807, 2.05) is 0 Å². The summed E-state index contributed by atoms with van der Waals surface area (Å²) in [5.74, 6) is 0. The Kier molecular flexibility index (Phi) is 2.31. The minimum absolute atomic E-state index is 0.509. The van der Waals surface area contributed by atoms with E-state index in [0.717, 1.165) is 0 Å². The summed E-state index contributed by atoms with van der Waals surface area (Å²) in [4.78, 5) is 0. The van der Waals surface area contributed by atoms with E-state index in [4.69, 9.17) is 0 Å². The van der Waals surface area contributed by atoms with E-state index in [2.05, 4.69) is 51.2 Å². The maximum absolute atomic E-state index is 2.35. The van der Waals surface area contributed by atoms with Gasteiger partial charge in [0.2, 0.25) is 0 Å². The molecular weight excluding hydrogens is 160 g/mol. The molecule has 1 aliphatic heterocycles. The molecule has 1 aliphatic rings. The summed E-state index contributed by atoms with van der Waals surface area (Å²) in [5.41, 5.74) is 0. The first-order chi connectivity index (χ1) is 4.41. The van der Waals surface area contributed by atoms with Crippen LogP contribution in [0.4, 0.5) is 0 Å². The lowest BCUT2D eigenvalue weighted by molar-refractivity contribution is 0.537. The second kappa shape index (κ2) is 2.63. The van der Waals surface area contributed by atoms with Crippen molar-refractivity contribution in [3.63, 3.8) is 0 Å². The highest BCUT2D eigenvalue weighted by molar-refractivity contribution is 8.17. The SMILES string of the molecule is CC1(C)CC(C)(C)SCS1. The maximum atomic E-state index is 2.35. The van der Waals surface area contributed by atoms with Crippen molar-refractivity contribution in [2.75, 3.05) is 5.08 Å². The van der Waals surface area contributed by atoms with Crippen LogP contribution in [0.25, 0.3) is 0 Å². The van der Waals surface area contributed by atoms with Gasteiger partial charge in [-0.15, -0.1) is 23.5 Å². The maximum Gasteiger partial charge on any atom is 0.0402 e. The molecule has 0 spiro atoms. The van der Waals surface area contributed by atoms with Gasteiger partial charge in [0.15, 0.2) is 0 Å². The summed E-state index contributed by atoms with van der Waals surface area (Å²) in [5, 5.41) is 1.26.